The summed E-state index contributed by atoms with van der Waals surface area (Å²) in [7, 11) is 3.97. The molecule has 4 rings (SSSR count). The molecule has 1 aromatic heterocycles. The van der Waals surface area contributed by atoms with Gasteiger partial charge in [-0.2, -0.15) is 0 Å². The maximum atomic E-state index is 6.33. The van der Waals surface area contributed by atoms with Gasteiger partial charge >= 0.3 is 0 Å². The molecule has 0 radical (unpaired) electrons. The first-order chi connectivity index (χ1) is 14.0. The molecule has 1 unspecified atom stereocenters. The second-order valence-corrected chi connectivity index (χ2v) is 7.81. The summed E-state index contributed by atoms with van der Waals surface area (Å²) in [5.74, 6) is 2.90. The largest absolute Gasteiger partial charge is 0.469 e. The third-order valence-corrected chi connectivity index (χ3v) is 5.58. The Hall–Kier alpha value is -2.85. The van der Waals surface area contributed by atoms with Crippen LogP contribution in [0.4, 0.5) is 11.4 Å². The summed E-state index contributed by atoms with van der Waals surface area (Å²) in [5.41, 5.74) is 4.51. The Morgan fingerprint density at radius 2 is 2.03 bits per heavy atom. The second kappa shape index (κ2) is 8.26. The Morgan fingerprint density at radius 3 is 2.79 bits per heavy atom. The predicted octanol–water partition coefficient (Wildman–Crippen LogP) is 6.37. The number of hydrogen-bond acceptors (Lipinski definition) is 4. The second-order valence-electron chi connectivity index (χ2n) is 7.37. The normalized spacial score (nSPS) is 15.3. The van der Waals surface area contributed by atoms with E-state index in [9.17, 15) is 0 Å². The highest BCUT2D eigenvalue weighted by Gasteiger charge is 2.24. The molecule has 0 aliphatic carbocycles. The topological polar surface area (TPSA) is 37.6 Å². The zero-order valence-corrected chi connectivity index (χ0v) is 17.7. The Morgan fingerprint density at radius 1 is 1.17 bits per heavy atom. The number of ether oxygens (including phenoxy) is 1. The molecular weight excluding hydrogens is 384 g/mol. The summed E-state index contributed by atoms with van der Waals surface area (Å²) in [6, 6.07) is 16.2. The number of furan rings is 1. The molecule has 1 aliphatic heterocycles. The summed E-state index contributed by atoms with van der Waals surface area (Å²) < 4.78 is 11.8. The monoisotopic (exact) mass is 408 g/mol. The number of nitrogens with one attached hydrogen (secondary N) is 1. The molecule has 0 amide bonds. The number of benzene rings is 2. The van der Waals surface area contributed by atoms with Gasteiger partial charge in [-0.1, -0.05) is 17.7 Å². The minimum Gasteiger partial charge on any atom is -0.469 e. The van der Waals surface area contributed by atoms with Crippen LogP contribution in [0.1, 0.15) is 29.2 Å². The van der Waals surface area contributed by atoms with Crippen LogP contribution in [0.3, 0.4) is 0 Å². The minimum atomic E-state index is 0.192. The van der Waals surface area contributed by atoms with Crippen LogP contribution in [-0.2, 0) is 6.42 Å². The van der Waals surface area contributed by atoms with Crippen molar-refractivity contribution in [2.45, 2.75) is 25.7 Å². The fourth-order valence-electron chi connectivity index (χ4n) is 3.79. The molecule has 2 heterocycles. The average Bonchev–Trinajstić information content (AvgIpc) is 3.33. The van der Waals surface area contributed by atoms with Crippen molar-refractivity contribution < 1.29 is 9.15 Å². The molecule has 0 spiro atoms. The molecule has 5 heteroatoms. The average molecular weight is 409 g/mol. The van der Waals surface area contributed by atoms with E-state index in [0.717, 1.165) is 46.6 Å². The maximum absolute atomic E-state index is 6.33. The molecule has 1 aliphatic rings. The van der Waals surface area contributed by atoms with Crippen LogP contribution in [0.15, 0.2) is 71.2 Å². The van der Waals surface area contributed by atoms with E-state index in [4.69, 9.17) is 20.8 Å². The minimum absolute atomic E-state index is 0.192. The number of halogens is 1. The van der Waals surface area contributed by atoms with E-state index >= 15 is 0 Å². The SMILES string of the molecule is CNc1ccc(Cl)cc1C(C/C=C1\Oc2cc(C)ccc2N1C)Cc1ccco1. The standard InChI is InChI=1S/C24H25ClN2O2/c1-16-6-10-22-23(13-16)29-24(27(22)3)11-7-17(14-19-5-4-12-28-19)20-15-18(25)8-9-21(20)26-2/h4-6,8-13,15,17,26H,7,14H2,1-3H3/b24-11-. The molecule has 4 nitrogen and oxygen atoms in total. The molecular formula is C24H25ClN2O2. The van der Waals surface area contributed by atoms with Crippen molar-refractivity contribution in [3.8, 4) is 5.75 Å². The highest BCUT2D eigenvalue weighted by molar-refractivity contribution is 6.30. The number of anilines is 2. The molecule has 1 N–H and O–H groups in total. The van der Waals surface area contributed by atoms with E-state index < -0.39 is 0 Å². The lowest BCUT2D eigenvalue weighted by atomic mass is 9.90. The molecule has 150 valence electrons. The van der Waals surface area contributed by atoms with Gasteiger partial charge in [0.2, 0.25) is 0 Å². The van der Waals surface area contributed by atoms with Gasteiger partial charge in [-0.15, -0.1) is 0 Å². The van der Waals surface area contributed by atoms with Gasteiger partial charge in [0.25, 0.3) is 0 Å². The van der Waals surface area contributed by atoms with Crippen LogP contribution in [0.2, 0.25) is 5.02 Å². The fraction of sp³-hybridized carbons (Fsp3) is 0.250. The molecule has 0 saturated carbocycles. The van der Waals surface area contributed by atoms with Gasteiger partial charge in [-0.05, 0) is 78.9 Å². The Labute approximate surface area is 176 Å². The van der Waals surface area contributed by atoms with Gasteiger partial charge < -0.3 is 19.4 Å². The molecule has 2 aromatic carbocycles. The van der Waals surface area contributed by atoms with Gasteiger partial charge in [0.1, 0.15) is 5.76 Å². The van der Waals surface area contributed by atoms with Crippen molar-refractivity contribution in [2.24, 2.45) is 0 Å². The van der Waals surface area contributed by atoms with Crippen LogP contribution >= 0.6 is 11.6 Å². The number of rotatable bonds is 6. The third kappa shape index (κ3) is 4.13. The van der Waals surface area contributed by atoms with E-state index in [1.54, 1.807) is 6.26 Å². The quantitative estimate of drug-likeness (QED) is 0.514. The first-order valence-electron chi connectivity index (χ1n) is 9.77. The highest BCUT2D eigenvalue weighted by atomic mass is 35.5. The van der Waals surface area contributed by atoms with Crippen LogP contribution in [0.25, 0.3) is 0 Å². The number of fused-ring (bicyclic) bond motifs is 1. The fourth-order valence-corrected chi connectivity index (χ4v) is 3.97. The van der Waals surface area contributed by atoms with Crippen LogP contribution in [-0.4, -0.2) is 14.1 Å². The molecule has 0 fully saturated rings. The Bertz CT molecular complexity index is 1030. The summed E-state index contributed by atoms with van der Waals surface area (Å²) >= 11 is 6.33. The summed E-state index contributed by atoms with van der Waals surface area (Å²) in [6.07, 6.45) is 5.45. The van der Waals surface area contributed by atoms with E-state index in [1.807, 2.05) is 44.4 Å². The van der Waals surface area contributed by atoms with Crippen molar-refractivity contribution in [3.05, 3.63) is 88.7 Å². The third-order valence-electron chi connectivity index (χ3n) is 5.35. The lowest BCUT2D eigenvalue weighted by Gasteiger charge is -2.20. The van der Waals surface area contributed by atoms with Gasteiger partial charge in [0.15, 0.2) is 11.6 Å². The predicted molar refractivity (Wildman–Crippen MR) is 119 cm³/mol. The number of allylic oxidation sites excluding steroid dienone is 1. The van der Waals surface area contributed by atoms with Crippen molar-refractivity contribution in [3.63, 3.8) is 0 Å². The lowest BCUT2D eigenvalue weighted by molar-refractivity contribution is 0.436. The van der Waals surface area contributed by atoms with Crippen LogP contribution in [0.5, 0.6) is 5.75 Å². The van der Waals surface area contributed by atoms with Crippen molar-refractivity contribution in [2.75, 3.05) is 24.3 Å². The molecule has 3 aromatic rings. The van der Waals surface area contributed by atoms with E-state index in [-0.39, 0.29) is 5.92 Å². The van der Waals surface area contributed by atoms with Crippen LogP contribution in [0, 0.1) is 6.92 Å². The van der Waals surface area contributed by atoms with Crippen molar-refractivity contribution in [1.82, 2.24) is 0 Å². The Kier molecular flexibility index (Phi) is 5.54. The summed E-state index contributed by atoms with van der Waals surface area (Å²) in [4.78, 5) is 2.09. The van der Waals surface area contributed by atoms with Gasteiger partial charge in [0.05, 0.1) is 12.0 Å². The Balaban J connectivity index is 1.63. The zero-order valence-electron chi connectivity index (χ0n) is 16.9. The number of aryl methyl sites for hydroxylation is 1. The van der Waals surface area contributed by atoms with Crippen molar-refractivity contribution in [1.29, 1.82) is 0 Å². The number of hydrogen-bond donors (Lipinski definition) is 1. The van der Waals surface area contributed by atoms with Crippen LogP contribution < -0.4 is 15.0 Å². The lowest BCUT2D eigenvalue weighted by Crippen LogP contribution is -2.14. The van der Waals surface area contributed by atoms with E-state index in [0.29, 0.717) is 0 Å². The zero-order chi connectivity index (χ0) is 20.4. The summed E-state index contributed by atoms with van der Waals surface area (Å²) in [6.45, 7) is 2.07. The first-order valence-corrected chi connectivity index (χ1v) is 10.1. The molecule has 0 saturated heterocycles. The maximum Gasteiger partial charge on any atom is 0.196 e. The molecule has 29 heavy (non-hydrogen) atoms. The number of nitrogens with zero attached hydrogens (tertiary/aromatic N) is 1. The molecule has 0 bridgehead atoms. The van der Waals surface area contributed by atoms with Crippen molar-refractivity contribution >= 4 is 23.0 Å². The molecule has 1 atom stereocenters. The van der Waals surface area contributed by atoms with Gasteiger partial charge in [-0.25, -0.2) is 0 Å². The van der Waals surface area contributed by atoms with E-state index in [1.165, 1.54) is 11.1 Å². The summed E-state index contributed by atoms with van der Waals surface area (Å²) in [5, 5.41) is 4.02. The highest BCUT2D eigenvalue weighted by Crippen LogP contribution is 2.39. The van der Waals surface area contributed by atoms with Gasteiger partial charge in [0, 0.05) is 31.2 Å². The van der Waals surface area contributed by atoms with Gasteiger partial charge in [-0.3, -0.25) is 0 Å². The smallest absolute Gasteiger partial charge is 0.196 e. The van der Waals surface area contributed by atoms with E-state index in [2.05, 4.69) is 41.4 Å². The first kappa shape index (κ1) is 19.5.